The Morgan fingerprint density at radius 2 is 1.90 bits per heavy atom. The number of ether oxygens (including phenoxy) is 1. The number of aryl methyl sites for hydroxylation is 4. The maximum atomic E-state index is 12.8. The van der Waals surface area contributed by atoms with Crippen LogP contribution in [-0.2, 0) is 24.2 Å². The molecule has 0 spiro atoms. The third-order valence-electron chi connectivity index (χ3n) is 5.19. The van der Waals surface area contributed by atoms with Gasteiger partial charge in [0, 0.05) is 30.0 Å². The zero-order valence-electron chi connectivity index (χ0n) is 17.1. The van der Waals surface area contributed by atoms with E-state index in [1.807, 2.05) is 32.9 Å². The Morgan fingerprint density at radius 3 is 2.55 bits per heavy atom. The van der Waals surface area contributed by atoms with Crippen LogP contribution in [0.15, 0.2) is 39.6 Å². The van der Waals surface area contributed by atoms with Gasteiger partial charge < -0.3 is 9.26 Å². The fourth-order valence-corrected chi connectivity index (χ4v) is 3.64. The zero-order valence-corrected chi connectivity index (χ0v) is 17.1. The largest absolute Gasteiger partial charge is 0.378 e. The molecule has 0 radical (unpaired) electrons. The lowest BCUT2D eigenvalue weighted by Gasteiger charge is -2.05. The van der Waals surface area contributed by atoms with Gasteiger partial charge in [0.15, 0.2) is 5.65 Å². The summed E-state index contributed by atoms with van der Waals surface area (Å²) in [4.78, 5) is 17.6. The number of rotatable bonds is 6. The van der Waals surface area contributed by atoms with Crippen LogP contribution in [0.2, 0.25) is 0 Å². The molecule has 3 heterocycles. The van der Waals surface area contributed by atoms with Gasteiger partial charge in [0.2, 0.25) is 0 Å². The maximum Gasteiger partial charge on any atom is 0.272 e. The van der Waals surface area contributed by atoms with Crippen LogP contribution in [0.4, 0.5) is 0 Å². The summed E-state index contributed by atoms with van der Waals surface area (Å²) >= 11 is 0. The fraction of sp³-hybridized carbons (Fsp3) is 0.318. The monoisotopic (exact) mass is 392 g/mol. The maximum absolute atomic E-state index is 12.8. The number of aromatic nitrogens is 4. The van der Waals surface area contributed by atoms with Gasteiger partial charge in [-0.15, -0.1) is 0 Å². The first-order chi connectivity index (χ1) is 14.0. The van der Waals surface area contributed by atoms with Crippen LogP contribution in [0.5, 0.6) is 0 Å². The van der Waals surface area contributed by atoms with Gasteiger partial charge in [0.25, 0.3) is 5.56 Å². The van der Waals surface area contributed by atoms with E-state index in [1.165, 1.54) is 10.1 Å². The molecule has 0 amide bonds. The Balaban J connectivity index is 1.80. The van der Waals surface area contributed by atoms with Crippen LogP contribution >= 0.6 is 0 Å². The van der Waals surface area contributed by atoms with Crippen molar-refractivity contribution < 1.29 is 9.26 Å². The third kappa shape index (κ3) is 3.61. The molecule has 0 fully saturated rings. The Bertz CT molecular complexity index is 1200. The molecule has 7 nitrogen and oxygen atoms in total. The van der Waals surface area contributed by atoms with Crippen molar-refractivity contribution in [2.24, 2.45) is 0 Å². The van der Waals surface area contributed by atoms with Crippen molar-refractivity contribution in [1.29, 1.82) is 0 Å². The van der Waals surface area contributed by atoms with Crippen molar-refractivity contribution in [3.05, 3.63) is 74.7 Å². The van der Waals surface area contributed by atoms with E-state index < -0.39 is 0 Å². The van der Waals surface area contributed by atoms with Crippen LogP contribution in [0.25, 0.3) is 16.8 Å². The minimum absolute atomic E-state index is 0.139. The normalized spacial score (nSPS) is 11.4. The molecule has 0 saturated heterocycles. The number of nitrogens with one attached hydrogen (secondary N) is 1. The van der Waals surface area contributed by atoms with E-state index in [0.29, 0.717) is 18.7 Å². The van der Waals surface area contributed by atoms with Crippen molar-refractivity contribution in [3.8, 4) is 11.1 Å². The Kier molecular flexibility index (Phi) is 5.07. The summed E-state index contributed by atoms with van der Waals surface area (Å²) in [7, 11) is 1.63. The number of fused-ring (bicyclic) bond motifs is 1. The molecule has 0 atom stereocenters. The first-order valence-corrected chi connectivity index (χ1v) is 9.59. The summed E-state index contributed by atoms with van der Waals surface area (Å²) < 4.78 is 12.1. The van der Waals surface area contributed by atoms with Gasteiger partial charge in [-0.1, -0.05) is 35.0 Å². The standard InChI is InChI=1S/C22H24N4O3/c1-13-5-7-16(8-6-13)21-19(12-28-4)24-26-20(27)11-17(23-22(21)26)9-10-18-14(2)25-29-15(18)3/h5-8,11,24H,9-10,12H2,1-4H3. The first-order valence-electron chi connectivity index (χ1n) is 9.59. The van der Waals surface area contributed by atoms with Crippen LogP contribution < -0.4 is 5.56 Å². The fourth-order valence-electron chi connectivity index (χ4n) is 3.64. The summed E-state index contributed by atoms with van der Waals surface area (Å²) in [5.74, 6) is 0.810. The molecule has 1 N–H and O–H groups in total. The van der Waals surface area contributed by atoms with Gasteiger partial charge in [0.05, 0.1) is 18.0 Å². The molecule has 1 aromatic carbocycles. The minimum Gasteiger partial charge on any atom is -0.378 e. The van der Waals surface area contributed by atoms with E-state index >= 15 is 0 Å². The van der Waals surface area contributed by atoms with Gasteiger partial charge in [-0.3, -0.25) is 9.89 Å². The number of aromatic amines is 1. The van der Waals surface area contributed by atoms with E-state index in [2.05, 4.69) is 22.4 Å². The summed E-state index contributed by atoms with van der Waals surface area (Å²) in [6, 6.07) is 9.77. The Hall–Kier alpha value is -3.19. The number of H-pyrrole nitrogens is 1. The van der Waals surface area contributed by atoms with Gasteiger partial charge in [-0.2, -0.15) is 0 Å². The first kappa shape index (κ1) is 19.1. The van der Waals surface area contributed by atoms with Gasteiger partial charge in [0.1, 0.15) is 5.76 Å². The number of hydrogen-bond acceptors (Lipinski definition) is 5. The van der Waals surface area contributed by atoms with Crippen LogP contribution in [0.1, 0.15) is 34.0 Å². The van der Waals surface area contributed by atoms with Crippen LogP contribution in [0.3, 0.4) is 0 Å². The lowest BCUT2D eigenvalue weighted by Crippen LogP contribution is -2.16. The third-order valence-corrected chi connectivity index (χ3v) is 5.19. The zero-order chi connectivity index (χ0) is 20.5. The molecule has 3 aromatic heterocycles. The summed E-state index contributed by atoms with van der Waals surface area (Å²) in [5, 5.41) is 7.15. The van der Waals surface area contributed by atoms with Crippen molar-refractivity contribution in [1.82, 2.24) is 19.8 Å². The van der Waals surface area contributed by atoms with Crippen molar-refractivity contribution in [2.75, 3.05) is 7.11 Å². The second-order valence-electron chi connectivity index (χ2n) is 7.31. The van der Waals surface area contributed by atoms with Gasteiger partial charge in [-0.25, -0.2) is 9.50 Å². The smallest absolute Gasteiger partial charge is 0.272 e. The molecular weight excluding hydrogens is 368 g/mol. The van der Waals surface area contributed by atoms with E-state index in [0.717, 1.165) is 46.0 Å². The highest BCUT2D eigenvalue weighted by molar-refractivity contribution is 5.80. The molecule has 0 saturated carbocycles. The highest BCUT2D eigenvalue weighted by Gasteiger charge is 2.18. The highest BCUT2D eigenvalue weighted by atomic mass is 16.5. The predicted octanol–water partition coefficient (Wildman–Crippen LogP) is 3.53. The lowest BCUT2D eigenvalue weighted by molar-refractivity contribution is 0.181. The highest BCUT2D eigenvalue weighted by Crippen LogP contribution is 2.28. The second-order valence-corrected chi connectivity index (χ2v) is 7.31. The lowest BCUT2D eigenvalue weighted by atomic mass is 10.0. The number of nitrogens with zero attached hydrogens (tertiary/aromatic N) is 3. The Labute approximate surface area is 168 Å². The molecule has 0 bridgehead atoms. The molecule has 0 unspecified atom stereocenters. The molecule has 0 aliphatic rings. The summed E-state index contributed by atoms with van der Waals surface area (Å²) in [5.41, 5.74) is 7.05. The van der Waals surface area contributed by atoms with Gasteiger partial charge in [-0.05, 0) is 39.2 Å². The molecule has 150 valence electrons. The predicted molar refractivity (Wildman–Crippen MR) is 110 cm³/mol. The molecular formula is C22H24N4O3. The molecule has 29 heavy (non-hydrogen) atoms. The average molecular weight is 392 g/mol. The van der Waals surface area contributed by atoms with E-state index in [1.54, 1.807) is 13.2 Å². The quantitative estimate of drug-likeness (QED) is 0.542. The molecule has 4 aromatic rings. The molecule has 4 rings (SSSR count). The second kappa shape index (κ2) is 7.67. The van der Waals surface area contributed by atoms with Crippen LogP contribution in [0, 0.1) is 20.8 Å². The van der Waals surface area contributed by atoms with Gasteiger partial charge >= 0.3 is 0 Å². The van der Waals surface area contributed by atoms with E-state index in [9.17, 15) is 4.79 Å². The van der Waals surface area contributed by atoms with Crippen molar-refractivity contribution >= 4 is 5.65 Å². The number of hydrogen-bond donors (Lipinski definition) is 1. The number of methoxy groups -OCH3 is 1. The van der Waals surface area contributed by atoms with Crippen molar-refractivity contribution in [2.45, 2.75) is 40.2 Å². The van der Waals surface area contributed by atoms with Crippen molar-refractivity contribution in [3.63, 3.8) is 0 Å². The minimum atomic E-state index is -0.139. The molecule has 7 heteroatoms. The van der Waals surface area contributed by atoms with E-state index in [-0.39, 0.29) is 5.56 Å². The Morgan fingerprint density at radius 1 is 1.14 bits per heavy atom. The molecule has 0 aliphatic carbocycles. The SMILES string of the molecule is COCc1[nH]n2c(=O)cc(CCc3c(C)noc3C)nc2c1-c1ccc(C)cc1. The molecule has 0 aliphatic heterocycles. The van der Waals surface area contributed by atoms with E-state index in [4.69, 9.17) is 14.2 Å². The topological polar surface area (TPSA) is 85.4 Å². The average Bonchev–Trinajstić information content (AvgIpc) is 3.21. The number of benzene rings is 1. The summed E-state index contributed by atoms with van der Waals surface area (Å²) in [6.45, 7) is 6.24. The summed E-state index contributed by atoms with van der Waals surface area (Å²) in [6.07, 6.45) is 1.35. The van der Waals surface area contributed by atoms with Crippen LogP contribution in [-0.4, -0.2) is 26.9 Å².